The van der Waals surface area contributed by atoms with Crippen molar-refractivity contribution in [2.45, 2.75) is 18.5 Å². The molecule has 0 amide bonds. The number of rotatable bonds is 4. The summed E-state index contributed by atoms with van der Waals surface area (Å²) in [5.74, 6) is -0.496. The van der Waals surface area contributed by atoms with Gasteiger partial charge in [0.15, 0.2) is 0 Å². The summed E-state index contributed by atoms with van der Waals surface area (Å²) < 4.78 is 53.1. The van der Waals surface area contributed by atoms with Crippen LogP contribution in [-0.4, -0.2) is 19.4 Å². The van der Waals surface area contributed by atoms with E-state index >= 15 is 0 Å². The third-order valence-corrected chi connectivity index (χ3v) is 2.83. The summed E-state index contributed by atoms with van der Waals surface area (Å²) in [6.07, 6.45) is -4.40. The Morgan fingerprint density at radius 3 is 2.50 bits per heavy atom. The third-order valence-electron chi connectivity index (χ3n) is 2.15. The molecule has 0 spiro atoms. The second kappa shape index (κ2) is 6.08. The SMILES string of the molecule is Cc1cc(C(Cl)COCC(F)(F)F)c(Cl)cc1F. The Kier molecular flexibility index (Phi) is 5.25. The van der Waals surface area contributed by atoms with E-state index in [0.717, 1.165) is 6.07 Å². The van der Waals surface area contributed by atoms with E-state index in [2.05, 4.69) is 4.74 Å². The Bertz CT molecular complexity index is 420. The van der Waals surface area contributed by atoms with Gasteiger partial charge >= 0.3 is 6.18 Å². The summed E-state index contributed by atoms with van der Waals surface area (Å²) in [5.41, 5.74) is 0.662. The summed E-state index contributed by atoms with van der Waals surface area (Å²) in [7, 11) is 0. The first-order valence-electron chi connectivity index (χ1n) is 4.95. The maximum absolute atomic E-state index is 13.1. The molecule has 0 saturated carbocycles. The van der Waals surface area contributed by atoms with E-state index in [9.17, 15) is 17.6 Å². The molecule has 0 aliphatic rings. The van der Waals surface area contributed by atoms with Crippen LogP contribution in [0.3, 0.4) is 0 Å². The standard InChI is InChI=1S/C11H10Cl2F4O/c1-6-2-7(8(12)3-10(6)14)9(13)4-18-5-11(15,16)17/h2-3,9H,4-5H2,1H3. The first-order chi connectivity index (χ1) is 8.20. The van der Waals surface area contributed by atoms with Crippen molar-refractivity contribution < 1.29 is 22.3 Å². The zero-order valence-electron chi connectivity index (χ0n) is 9.32. The van der Waals surface area contributed by atoms with E-state index < -0.39 is 24.0 Å². The Morgan fingerprint density at radius 1 is 1.33 bits per heavy atom. The number of alkyl halides is 4. The minimum absolute atomic E-state index is 0.0636. The van der Waals surface area contributed by atoms with Gasteiger partial charge < -0.3 is 4.74 Å². The Hall–Kier alpha value is -0.520. The number of benzene rings is 1. The first kappa shape index (κ1) is 15.5. The van der Waals surface area contributed by atoms with Gasteiger partial charge in [0, 0.05) is 5.02 Å². The summed E-state index contributed by atoms with van der Waals surface area (Å²) >= 11 is 11.6. The van der Waals surface area contributed by atoms with Crippen molar-refractivity contribution in [2.75, 3.05) is 13.2 Å². The average molecular weight is 305 g/mol. The molecule has 0 fully saturated rings. The van der Waals surface area contributed by atoms with E-state index in [1.807, 2.05) is 0 Å². The van der Waals surface area contributed by atoms with Crippen molar-refractivity contribution >= 4 is 23.2 Å². The predicted molar refractivity (Wildman–Crippen MR) is 61.6 cm³/mol. The topological polar surface area (TPSA) is 9.23 Å². The predicted octanol–water partition coefficient (Wildman–Crippen LogP) is 4.65. The van der Waals surface area contributed by atoms with Crippen LogP contribution in [0.4, 0.5) is 17.6 Å². The summed E-state index contributed by atoms with van der Waals surface area (Å²) in [6.45, 7) is -0.227. The fourth-order valence-corrected chi connectivity index (χ4v) is 1.90. The molecule has 0 saturated heterocycles. The highest BCUT2D eigenvalue weighted by Gasteiger charge is 2.28. The lowest BCUT2D eigenvalue weighted by atomic mass is 10.1. The van der Waals surface area contributed by atoms with Crippen LogP contribution in [0.2, 0.25) is 5.02 Å². The molecular weight excluding hydrogens is 295 g/mol. The smallest absolute Gasteiger partial charge is 0.370 e. The van der Waals surface area contributed by atoms with Gasteiger partial charge in [0.25, 0.3) is 0 Å². The molecule has 1 aromatic rings. The lowest BCUT2D eigenvalue weighted by molar-refractivity contribution is -0.173. The number of ether oxygens (including phenoxy) is 1. The fraction of sp³-hybridized carbons (Fsp3) is 0.455. The minimum atomic E-state index is -4.40. The van der Waals surface area contributed by atoms with Gasteiger partial charge in [-0.05, 0) is 24.1 Å². The number of halogens is 6. The van der Waals surface area contributed by atoms with Gasteiger partial charge in [-0.25, -0.2) is 4.39 Å². The van der Waals surface area contributed by atoms with Gasteiger partial charge in [-0.1, -0.05) is 17.7 Å². The summed E-state index contributed by atoms with van der Waals surface area (Å²) in [4.78, 5) is 0. The van der Waals surface area contributed by atoms with Crippen molar-refractivity contribution in [3.8, 4) is 0 Å². The van der Waals surface area contributed by atoms with Crippen LogP contribution >= 0.6 is 23.2 Å². The van der Waals surface area contributed by atoms with Crippen LogP contribution in [0.15, 0.2) is 12.1 Å². The molecular formula is C11H10Cl2F4O. The van der Waals surface area contributed by atoms with Gasteiger partial charge in [-0.2, -0.15) is 13.2 Å². The van der Waals surface area contributed by atoms with Gasteiger partial charge in [-0.15, -0.1) is 11.6 Å². The highest BCUT2D eigenvalue weighted by atomic mass is 35.5. The maximum atomic E-state index is 13.1. The van der Waals surface area contributed by atoms with E-state index in [0.29, 0.717) is 11.1 Å². The molecule has 0 aliphatic carbocycles. The zero-order valence-corrected chi connectivity index (χ0v) is 10.8. The monoisotopic (exact) mass is 304 g/mol. The molecule has 18 heavy (non-hydrogen) atoms. The van der Waals surface area contributed by atoms with Crippen LogP contribution < -0.4 is 0 Å². The van der Waals surface area contributed by atoms with Crippen LogP contribution in [0.5, 0.6) is 0 Å². The van der Waals surface area contributed by atoms with Crippen molar-refractivity contribution in [2.24, 2.45) is 0 Å². The van der Waals surface area contributed by atoms with Gasteiger partial charge in [0.1, 0.15) is 12.4 Å². The number of aryl methyl sites for hydroxylation is 1. The molecule has 0 heterocycles. The van der Waals surface area contributed by atoms with Crippen LogP contribution in [-0.2, 0) is 4.74 Å². The number of hydrogen-bond acceptors (Lipinski definition) is 1. The third kappa shape index (κ3) is 4.63. The van der Waals surface area contributed by atoms with Gasteiger partial charge in [-0.3, -0.25) is 0 Å². The molecule has 0 N–H and O–H groups in total. The van der Waals surface area contributed by atoms with Gasteiger partial charge in [0.05, 0.1) is 12.0 Å². The molecule has 1 unspecified atom stereocenters. The van der Waals surface area contributed by atoms with E-state index in [4.69, 9.17) is 23.2 Å². The minimum Gasteiger partial charge on any atom is -0.370 e. The summed E-state index contributed by atoms with van der Waals surface area (Å²) in [6, 6.07) is 2.47. The molecule has 0 aromatic heterocycles. The van der Waals surface area contributed by atoms with Crippen molar-refractivity contribution in [1.82, 2.24) is 0 Å². The highest BCUT2D eigenvalue weighted by molar-refractivity contribution is 6.32. The van der Waals surface area contributed by atoms with E-state index in [1.165, 1.54) is 13.0 Å². The Labute approximate surface area is 112 Å². The van der Waals surface area contributed by atoms with Crippen LogP contribution in [0.25, 0.3) is 0 Å². The highest BCUT2D eigenvalue weighted by Crippen LogP contribution is 2.30. The molecule has 102 valence electrons. The lowest BCUT2D eigenvalue weighted by Crippen LogP contribution is -2.18. The normalized spacial score (nSPS) is 13.7. The maximum Gasteiger partial charge on any atom is 0.411 e. The quantitative estimate of drug-likeness (QED) is 0.581. The molecule has 1 rings (SSSR count). The van der Waals surface area contributed by atoms with E-state index in [1.54, 1.807) is 0 Å². The fourth-order valence-electron chi connectivity index (χ4n) is 1.29. The Morgan fingerprint density at radius 2 is 1.94 bits per heavy atom. The molecule has 0 radical (unpaired) electrons. The molecule has 1 aromatic carbocycles. The van der Waals surface area contributed by atoms with E-state index in [-0.39, 0.29) is 11.6 Å². The largest absolute Gasteiger partial charge is 0.411 e. The molecule has 0 aliphatic heterocycles. The van der Waals surface area contributed by atoms with Crippen molar-refractivity contribution in [1.29, 1.82) is 0 Å². The molecule has 1 nitrogen and oxygen atoms in total. The van der Waals surface area contributed by atoms with Crippen molar-refractivity contribution in [3.63, 3.8) is 0 Å². The Balaban J connectivity index is 2.67. The zero-order chi connectivity index (χ0) is 13.9. The van der Waals surface area contributed by atoms with Crippen LogP contribution in [0, 0.1) is 12.7 Å². The van der Waals surface area contributed by atoms with Crippen molar-refractivity contribution in [3.05, 3.63) is 34.1 Å². The van der Waals surface area contributed by atoms with Crippen LogP contribution in [0.1, 0.15) is 16.5 Å². The number of hydrogen-bond donors (Lipinski definition) is 0. The second-order valence-corrected chi connectivity index (χ2v) is 4.65. The second-order valence-electron chi connectivity index (χ2n) is 3.72. The molecule has 0 bridgehead atoms. The molecule has 7 heteroatoms. The van der Waals surface area contributed by atoms with Gasteiger partial charge in [0.2, 0.25) is 0 Å². The first-order valence-corrected chi connectivity index (χ1v) is 5.76. The lowest BCUT2D eigenvalue weighted by Gasteiger charge is -2.14. The summed E-state index contributed by atoms with van der Waals surface area (Å²) in [5, 5.41) is -0.798. The average Bonchev–Trinajstić information content (AvgIpc) is 2.21. The molecule has 1 atom stereocenters.